The summed E-state index contributed by atoms with van der Waals surface area (Å²) in [5.41, 5.74) is 5.88. The zero-order valence-corrected chi connectivity index (χ0v) is 7.36. The van der Waals surface area contributed by atoms with Crippen LogP contribution in [-0.4, -0.2) is 11.7 Å². The van der Waals surface area contributed by atoms with Crippen LogP contribution in [0.2, 0.25) is 0 Å². The summed E-state index contributed by atoms with van der Waals surface area (Å²) in [6.45, 7) is 0.768. The first kappa shape index (κ1) is 8.23. The second-order valence-corrected chi connectivity index (χ2v) is 3.48. The van der Waals surface area contributed by atoms with Crippen LogP contribution in [0.1, 0.15) is 12.8 Å². The average Bonchev–Trinajstić information content (AvgIpc) is 2.91. The number of anilines is 1. The molecule has 3 heteroatoms. The SMILES string of the molecule is Nc1cc(OCC2CC2)ccc1O. The van der Waals surface area contributed by atoms with Crippen molar-refractivity contribution in [1.82, 2.24) is 0 Å². The van der Waals surface area contributed by atoms with Gasteiger partial charge in [-0.2, -0.15) is 0 Å². The fourth-order valence-electron chi connectivity index (χ4n) is 1.12. The molecule has 0 amide bonds. The maximum atomic E-state index is 9.15. The summed E-state index contributed by atoms with van der Waals surface area (Å²) >= 11 is 0. The molecule has 1 saturated carbocycles. The first-order valence-electron chi connectivity index (χ1n) is 4.47. The lowest BCUT2D eigenvalue weighted by atomic mass is 10.3. The minimum absolute atomic E-state index is 0.110. The van der Waals surface area contributed by atoms with Crippen LogP contribution in [-0.2, 0) is 0 Å². The third-order valence-electron chi connectivity index (χ3n) is 2.18. The lowest BCUT2D eigenvalue weighted by Crippen LogP contribution is -1.99. The Morgan fingerprint density at radius 1 is 1.46 bits per heavy atom. The van der Waals surface area contributed by atoms with Crippen LogP contribution >= 0.6 is 0 Å². The average molecular weight is 179 g/mol. The molecular formula is C10H13NO2. The van der Waals surface area contributed by atoms with E-state index in [9.17, 15) is 0 Å². The van der Waals surface area contributed by atoms with Gasteiger partial charge < -0.3 is 15.6 Å². The van der Waals surface area contributed by atoms with Gasteiger partial charge in [-0.25, -0.2) is 0 Å². The van der Waals surface area contributed by atoms with E-state index in [2.05, 4.69) is 0 Å². The molecule has 2 rings (SSSR count). The molecule has 0 aromatic heterocycles. The highest BCUT2D eigenvalue weighted by molar-refractivity contribution is 5.55. The van der Waals surface area contributed by atoms with E-state index < -0.39 is 0 Å². The maximum absolute atomic E-state index is 9.15. The molecule has 0 spiro atoms. The molecule has 13 heavy (non-hydrogen) atoms. The fourth-order valence-corrected chi connectivity index (χ4v) is 1.12. The molecule has 1 aliphatic carbocycles. The van der Waals surface area contributed by atoms with Gasteiger partial charge >= 0.3 is 0 Å². The molecule has 0 bridgehead atoms. The second kappa shape index (κ2) is 3.17. The highest BCUT2D eigenvalue weighted by Crippen LogP contribution is 2.31. The molecular weight excluding hydrogens is 166 g/mol. The van der Waals surface area contributed by atoms with Crippen LogP contribution in [0.4, 0.5) is 5.69 Å². The number of nitrogens with two attached hydrogens (primary N) is 1. The highest BCUT2D eigenvalue weighted by Gasteiger charge is 2.21. The smallest absolute Gasteiger partial charge is 0.138 e. The molecule has 1 aromatic carbocycles. The number of rotatable bonds is 3. The van der Waals surface area contributed by atoms with Crippen molar-refractivity contribution in [2.45, 2.75) is 12.8 Å². The third-order valence-corrected chi connectivity index (χ3v) is 2.18. The van der Waals surface area contributed by atoms with E-state index in [0.29, 0.717) is 5.69 Å². The zero-order valence-electron chi connectivity index (χ0n) is 7.36. The van der Waals surface area contributed by atoms with Gasteiger partial charge in [0.1, 0.15) is 11.5 Å². The molecule has 1 fully saturated rings. The quantitative estimate of drug-likeness (QED) is 0.549. The molecule has 0 atom stereocenters. The van der Waals surface area contributed by atoms with Crippen LogP contribution in [0, 0.1) is 5.92 Å². The van der Waals surface area contributed by atoms with Gasteiger partial charge in [0, 0.05) is 6.07 Å². The fraction of sp³-hybridized carbons (Fsp3) is 0.400. The van der Waals surface area contributed by atoms with Crippen LogP contribution < -0.4 is 10.5 Å². The molecule has 1 aromatic rings. The predicted molar refractivity (Wildman–Crippen MR) is 50.7 cm³/mol. The molecule has 3 N–H and O–H groups in total. The van der Waals surface area contributed by atoms with Gasteiger partial charge in [0.25, 0.3) is 0 Å². The highest BCUT2D eigenvalue weighted by atomic mass is 16.5. The van der Waals surface area contributed by atoms with Gasteiger partial charge in [-0.1, -0.05) is 0 Å². The Morgan fingerprint density at radius 2 is 2.23 bits per heavy atom. The summed E-state index contributed by atoms with van der Waals surface area (Å²) < 4.78 is 5.47. The van der Waals surface area contributed by atoms with Crippen LogP contribution in [0.15, 0.2) is 18.2 Å². The van der Waals surface area contributed by atoms with E-state index in [4.69, 9.17) is 15.6 Å². The van der Waals surface area contributed by atoms with Gasteiger partial charge in [-0.3, -0.25) is 0 Å². The lowest BCUT2D eigenvalue weighted by Gasteiger charge is -2.06. The minimum atomic E-state index is 0.110. The second-order valence-electron chi connectivity index (χ2n) is 3.48. The number of phenols is 1. The van der Waals surface area contributed by atoms with Crippen molar-refractivity contribution in [3.05, 3.63) is 18.2 Å². The van der Waals surface area contributed by atoms with Crippen LogP contribution in [0.25, 0.3) is 0 Å². The Morgan fingerprint density at radius 3 is 2.85 bits per heavy atom. The summed E-state index contributed by atoms with van der Waals surface area (Å²) in [4.78, 5) is 0. The van der Waals surface area contributed by atoms with E-state index in [1.807, 2.05) is 0 Å². The summed E-state index contributed by atoms with van der Waals surface area (Å²) in [5.74, 6) is 1.58. The van der Waals surface area contributed by atoms with Gasteiger partial charge in [0.15, 0.2) is 0 Å². The van der Waals surface area contributed by atoms with Crippen molar-refractivity contribution in [2.24, 2.45) is 5.92 Å². The van der Waals surface area contributed by atoms with Gasteiger partial charge in [0.2, 0.25) is 0 Å². The van der Waals surface area contributed by atoms with Crippen LogP contribution in [0.5, 0.6) is 11.5 Å². The van der Waals surface area contributed by atoms with Crippen molar-refractivity contribution in [3.63, 3.8) is 0 Å². The third kappa shape index (κ3) is 2.05. The Kier molecular flexibility index (Phi) is 2.00. The van der Waals surface area contributed by atoms with Crippen molar-refractivity contribution in [1.29, 1.82) is 0 Å². The van der Waals surface area contributed by atoms with Crippen molar-refractivity contribution in [3.8, 4) is 11.5 Å². The van der Waals surface area contributed by atoms with E-state index in [1.165, 1.54) is 12.8 Å². The summed E-state index contributed by atoms with van der Waals surface area (Å²) in [6.07, 6.45) is 2.54. The number of phenolic OH excluding ortho intramolecular Hbond substituents is 1. The number of hydrogen-bond acceptors (Lipinski definition) is 3. The number of ether oxygens (including phenoxy) is 1. The van der Waals surface area contributed by atoms with E-state index in [0.717, 1.165) is 18.3 Å². The molecule has 70 valence electrons. The summed E-state index contributed by atoms with van der Waals surface area (Å²) in [5, 5.41) is 9.15. The monoisotopic (exact) mass is 179 g/mol. The number of nitrogen functional groups attached to an aromatic ring is 1. The number of aromatic hydroxyl groups is 1. The standard InChI is InChI=1S/C10H13NO2/c11-9-5-8(3-4-10(9)12)13-6-7-1-2-7/h3-5,7,12H,1-2,6,11H2. The molecule has 0 aliphatic heterocycles. The molecule has 3 nitrogen and oxygen atoms in total. The van der Waals surface area contributed by atoms with E-state index >= 15 is 0 Å². The Hall–Kier alpha value is -1.38. The van der Waals surface area contributed by atoms with Crippen molar-refractivity contribution in [2.75, 3.05) is 12.3 Å². The van der Waals surface area contributed by atoms with Gasteiger partial charge in [-0.05, 0) is 30.9 Å². The Labute approximate surface area is 77.1 Å². The van der Waals surface area contributed by atoms with Gasteiger partial charge in [0.05, 0.1) is 12.3 Å². The largest absolute Gasteiger partial charge is 0.506 e. The van der Waals surface area contributed by atoms with Crippen LogP contribution in [0.3, 0.4) is 0 Å². The zero-order chi connectivity index (χ0) is 9.26. The molecule has 1 aliphatic rings. The predicted octanol–water partition coefficient (Wildman–Crippen LogP) is 1.76. The van der Waals surface area contributed by atoms with E-state index in [1.54, 1.807) is 18.2 Å². The maximum Gasteiger partial charge on any atom is 0.138 e. The molecule has 0 saturated heterocycles. The Bertz CT molecular complexity index is 308. The lowest BCUT2D eigenvalue weighted by molar-refractivity contribution is 0.299. The molecule has 0 unspecified atom stereocenters. The Balaban J connectivity index is 1.98. The van der Waals surface area contributed by atoms with E-state index in [-0.39, 0.29) is 5.75 Å². The summed E-state index contributed by atoms with van der Waals surface area (Å²) in [6, 6.07) is 4.93. The minimum Gasteiger partial charge on any atom is -0.506 e. The van der Waals surface area contributed by atoms with Crippen molar-refractivity contribution >= 4 is 5.69 Å². The topological polar surface area (TPSA) is 55.5 Å². The van der Waals surface area contributed by atoms with Gasteiger partial charge in [-0.15, -0.1) is 0 Å². The molecule has 0 radical (unpaired) electrons. The normalized spacial score (nSPS) is 15.7. The van der Waals surface area contributed by atoms with Crippen molar-refractivity contribution < 1.29 is 9.84 Å². The molecule has 0 heterocycles. The number of hydrogen-bond donors (Lipinski definition) is 2. The first-order chi connectivity index (χ1) is 6.25. The summed E-state index contributed by atoms with van der Waals surface area (Å²) in [7, 11) is 0. The first-order valence-corrected chi connectivity index (χ1v) is 4.47. The number of benzene rings is 1.